The smallest absolute Gasteiger partial charge is 0.226 e. The Kier molecular flexibility index (Phi) is 2.43. The van der Waals surface area contributed by atoms with Gasteiger partial charge in [-0.05, 0) is 0 Å². The molecule has 4 heteroatoms. The summed E-state index contributed by atoms with van der Waals surface area (Å²) < 4.78 is 0. The van der Waals surface area contributed by atoms with E-state index >= 15 is 0 Å². The fourth-order valence-electron chi connectivity index (χ4n) is 0.598. The number of hydrogen-bond donors (Lipinski definition) is 2. The third kappa shape index (κ3) is 2.25. The normalized spacial score (nSPS) is 9.09. The van der Waals surface area contributed by atoms with Gasteiger partial charge >= 0.3 is 0 Å². The van der Waals surface area contributed by atoms with Crippen molar-refractivity contribution in [2.45, 2.75) is 0 Å². The van der Waals surface area contributed by atoms with Gasteiger partial charge in [0.25, 0.3) is 0 Å². The van der Waals surface area contributed by atoms with Crippen molar-refractivity contribution >= 4 is 5.95 Å². The molecule has 58 valence electrons. The zero-order chi connectivity index (χ0) is 8.10. The van der Waals surface area contributed by atoms with Gasteiger partial charge in [0.2, 0.25) is 11.8 Å². The standard InChI is InChI=1S/C7H9N3O/c1-2-4-8-7-9-5-3-6(11)10-7/h2-3,5H,1,4H2,(H2,8,9,10,11). The minimum atomic E-state index is -0.0356. The summed E-state index contributed by atoms with van der Waals surface area (Å²) in [5.41, 5.74) is 0. The predicted octanol–water partition coefficient (Wildman–Crippen LogP) is 0.780. The van der Waals surface area contributed by atoms with Crippen LogP contribution < -0.4 is 5.32 Å². The molecule has 1 aromatic rings. The Bertz CT molecular complexity index is 249. The van der Waals surface area contributed by atoms with Crippen LogP contribution in [0.15, 0.2) is 24.9 Å². The quantitative estimate of drug-likeness (QED) is 0.627. The average Bonchev–Trinajstić information content (AvgIpc) is 2.01. The second-order valence-corrected chi connectivity index (χ2v) is 1.91. The molecule has 0 bridgehead atoms. The maximum absolute atomic E-state index is 8.90. The van der Waals surface area contributed by atoms with Crippen LogP contribution >= 0.6 is 0 Å². The second-order valence-electron chi connectivity index (χ2n) is 1.91. The van der Waals surface area contributed by atoms with Crippen LogP contribution in [0.3, 0.4) is 0 Å². The van der Waals surface area contributed by atoms with Gasteiger partial charge in [0.05, 0.1) is 0 Å². The summed E-state index contributed by atoms with van der Waals surface area (Å²) in [6.45, 7) is 4.10. The third-order valence-electron chi connectivity index (χ3n) is 1.05. The third-order valence-corrected chi connectivity index (χ3v) is 1.05. The lowest BCUT2D eigenvalue weighted by Gasteiger charge is -1.99. The SMILES string of the molecule is C=CCNc1nccc(O)n1. The highest BCUT2D eigenvalue weighted by molar-refractivity contribution is 5.27. The number of rotatable bonds is 3. The van der Waals surface area contributed by atoms with Gasteiger partial charge in [0.15, 0.2) is 0 Å². The molecule has 11 heavy (non-hydrogen) atoms. The zero-order valence-corrected chi connectivity index (χ0v) is 5.99. The molecule has 0 aliphatic carbocycles. The number of aromatic hydroxyl groups is 1. The number of nitrogens with one attached hydrogen (secondary N) is 1. The van der Waals surface area contributed by atoms with Crippen molar-refractivity contribution < 1.29 is 5.11 Å². The highest BCUT2D eigenvalue weighted by Gasteiger charge is 1.92. The van der Waals surface area contributed by atoms with E-state index in [9.17, 15) is 0 Å². The first-order chi connectivity index (χ1) is 5.33. The topological polar surface area (TPSA) is 58.0 Å². The molecule has 0 aliphatic rings. The van der Waals surface area contributed by atoms with Crippen molar-refractivity contribution in [3.05, 3.63) is 24.9 Å². The van der Waals surface area contributed by atoms with Crippen LogP contribution in [0.5, 0.6) is 5.88 Å². The summed E-state index contributed by atoms with van der Waals surface area (Å²) in [5, 5.41) is 11.7. The Hall–Kier alpha value is -1.58. The van der Waals surface area contributed by atoms with E-state index in [4.69, 9.17) is 5.11 Å². The van der Waals surface area contributed by atoms with Crippen molar-refractivity contribution in [2.75, 3.05) is 11.9 Å². The summed E-state index contributed by atoms with van der Waals surface area (Å²) in [4.78, 5) is 7.54. The van der Waals surface area contributed by atoms with Crippen LogP contribution in [0, 0.1) is 0 Å². The van der Waals surface area contributed by atoms with Gasteiger partial charge < -0.3 is 10.4 Å². The van der Waals surface area contributed by atoms with Gasteiger partial charge in [-0.15, -0.1) is 6.58 Å². The molecule has 0 saturated carbocycles. The molecule has 1 heterocycles. The lowest BCUT2D eigenvalue weighted by Crippen LogP contribution is -2.01. The van der Waals surface area contributed by atoms with E-state index in [2.05, 4.69) is 21.9 Å². The van der Waals surface area contributed by atoms with Gasteiger partial charge in [-0.2, -0.15) is 4.98 Å². The van der Waals surface area contributed by atoms with Gasteiger partial charge in [0.1, 0.15) is 0 Å². The highest BCUT2D eigenvalue weighted by atomic mass is 16.3. The van der Waals surface area contributed by atoms with Crippen molar-refractivity contribution in [2.24, 2.45) is 0 Å². The van der Waals surface area contributed by atoms with Gasteiger partial charge in [0, 0.05) is 18.8 Å². The van der Waals surface area contributed by atoms with Crippen molar-refractivity contribution in [1.82, 2.24) is 9.97 Å². The predicted molar refractivity (Wildman–Crippen MR) is 42.4 cm³/mol. The fraction of sp³-hybridized carbons (Fsp3) is 0.143. The summed E-state index contributed by atoms with van der Waals surface area (Å²) in [6.07, 6.45) is 3.17. The molecule has 0 fully saturated rings. The highest BCUT2D eigenvalue weighted by Crippen LogP contribution is 2.04. The first-order valence-corrected chi connectivity index (χ1v) is 3.19. The zero-order valence-electron chi connectivity index (χ0n) is 5.99. The fourth-order valence-corrected chi connectivity index (χ4v) is 0.598. The molecule has 2 N–H and O–H groups in total. The molecule has 0 aromatic carbocycles. The minimum Gasteiger partial charge on any atom is -0.493 e. The van der Waals surface area contributed by atoms with Crippen LogP contribution in [0.25, 0.3) is 0 Å². The summed E-state index contributed by atoms with van der Waals surface area (Å²) in [6, 6.07) is 1.42. The van der Waals surface area contributed by atoms with E-state index in [1.807, 2.05) is 0 Å². The lowest BCUT2D eigenvalue weighted by molar-refractivity contribution is 0.453. The van der Waals surface area contributed by atoms with Crippen LogP contribution in [0.2, 0.25) is 0 Å². The van der Waals surface area contributed by atoms with E-state index in [0.717, 1.165) is 0 Å². The number of hydrogen-bond acceptors (Lipinski definition) is 4. The molecule has 0 saturated heterocycles. The van der Waals surface area contributed by atoms with Crippen molar-refractivity contribution in [3.8, 4) is 5.88 Å². The Morgan fingerprint density at radius 2 is 2.55 bits per heavy atom. The molecule has 1 aromatic heterocycles. The maximum Gasteiger partial charge on any atom is 0.226 e. The summed E-state index contributed by atoms with van der Waals surface area (Å²) in [5.74, 6) is 0.372. The van der Waals surface area contributed by atoms with Crippen LogP contribution in [-0.4, -0.2) is 21.6 Å². The Morgan fingerprint density at radius 1 is 1.73 bits per heavy atom. The molecule has 0 radical (unpaired) electrons. The molecule has 0 aliphatic heterocycles. The molecular formula is C7H9N3O. The molecule has 1 rings (SSSR count). The van der Waals surface area contributed by atoms with Gasteiger partial charge in [-0.3, -0.25) is 0 Å². The number of anilines is 1. The number of nitrogens with zero attached hydrogens (tertiary/aromatic N) is 2. The molecule has 0 amide bonds. The van der Waals surface area contributed by atoms with E-state index in [1.165, 1.54) is 12.3 Å². The average molecular weight is 151 g/mol. The maximum atomic E-state index is 8.90. The molecule has 4 nitrogen and oxygen atoms in total. The number of aromatic nitrogens is 2. The summed E-state index contributed by atoms with van der Waals surface area (Å²) >= 11 is 0. The van der Waals surface area contributed by atoms with Crippen LogP contribution in [0.1, 0.15) is 0 Å². The first kappa shape index (κ1) is 7.53. The monoisotopic (exact) mass is 151 g/mol. The molecule has 0 atom stereocenters. The molecular weight excluding hydrogens is 142 g/mol. The first-order valence-electron chi connectivity index (χ1n) is 3.19. The Labute approximate surface area is 64.6 Å². The Morgan fingerprint density at radius 3 is 3.18 bits per heavy atom. The second kappa shape index (κ2) is 3.55. The van der Waals surface area contributed by atoms with Crippen molar-refractivity contribution in [3.63, 3.8) is 0 Å². The van der Waals surface area contributed by atoms with E-state index in [1.54, 1.807) is 6.08 Å². The van der Waals surface area contributed by atoms with Crippen molar-refractivity contribution in [1.29, 1.82) is 0 Å². The minimum absolute atomic E-state index is 0.0356. The van der Waals surface area contributed by atoms with Crippen LogP contribution in [-0.2, 0) is 0 Å². The largest absolute Gasteiger partial charge is 0.493 e. The van der Waals surface area contributed by atoms with E-state index in [-0.39, 0.29) is 5.88 Å². The lowest BCUT2D eigenvalue weighted by atomic mass is 10.6. The Balaban J connectivity index is 2.63. The molecule has 0 unspecified atom stereocenters. The van der Waals surface area contributed by atoms with Gasteiger partial charge in [-0.25, -0.2) is 4.98 Å². The van der Waals surface area contributed by atoms with E-state index < -0.39 is 0 Å². The van der Waals surface area contributed by atoms with Crippen LogP contribution in [0.4, 0.5) is 5.95 Å². The summed E-state index contributed by atoms with van der Waals surface area (Å²) in [7, 11) is 0. The van der Waals surface area contributed by atoms with E-state index in [0.29, 0.717) is 12.5 Å². The van der Waals surface area contributed by atoms with Gasteiger partial charge in [-0.1, -0.05) is 6.08 Å². The molecule has 0 spiro atoms.